The summed E-state index contributed by atoms with van der Waals surface area (Å²) in [6, 6.07) is 10.6. The number of hydrogen-bond acceptors (Lipinski definition) is 4. The Bertz CT molecular complexity index is 702. The van der Waals surface area contributed by atoms with E-state index in [9.17, 15) is 9.59 Å². The lowest BCUT2D eigenvalue weighted by Gasteiger charge is -2.34. The zero-order valence-corrected chi connectivity index (χ0v) is 14.3. The maximum atomic E-state index is 12.6. The first kappa shape index (κ1) is 17.1. The lowest BCUT2D eigenvalue weighted by molar-refractivity contribution is 0.0518. The van der Waals surface area contributed by atoms with E-state index in [0.29, 0.717) is 44.1 Å². The van der Waals surface area contributed by atoms with Gasteiger partial charge in [0.2, 0.25) is 0 Å². The molecule has 0 spiro atoms. The van der Waals surface area contributed by atoms with E-state index >= 15 is 0 Å². The minimum Gasteiger partial charge on any atom is -0.494 e. The Morgan fingerprint density at radius 2 is 1.64 bits per heavy atom. The molecular weight excluding hydrogens is 320 g/mol. The molecule has 2 aromatic rings. The number of carbonyl (C=O) groups excluding carboxylic acids is 2. The highest BCUT2D eigenvalue weighted by Crippen LogP contribution is 2.16. The van der Waals surface area contributed by atoms with Crippen molar-refractivity contribution in [2.24, 2.45) is 0 Å². The summed E-state index contributed by atoms with van der Waals surface area (Å²) in [5.41, 5.74) is 0.634. The van der Waals surface area contributed by atoms with Crippen LogP contribution in [0.25, 0.3) is 0 Å². The molecule has 0 unspecified atom stereocenters. The molecule has 3 rings (SSSR count). The third-order valence-electron chi connectivity index (χ3n) is 4.16. The molecule has 1 aliphatic heterocycles. The van der Waals surface area contributed by atoms with Crippen molar-refractivity contribution in [2.75, 3.05) is 32.8 Å². The second-order valence-corrected chi connectivity index (χ2v) is 5.93. The van der Waals surface area contributed by atoms with Gasteiger partial charge in [0.25, 0.3) is 11.8 Å². The normalized spacial score (nSPS) is 14.4. The summed E-state index contributed by atoms with van der Waals surface area (Å²) in [6.07, 6.45) is 2.43. The van der Waals surface area contributed by atoms with Crippen LogP contribution >= 0.6 is 0 Å². The summed E-state index contributed by atoms with van der Waals surface area (Å²) in [6.45, 7) is 4.75. The number of amides is 2. The molecule has 6 heteroatoms. The van der Waals surface area contributed by atoms with Crippen molar-refractivity contribution in [1.29, 1.82) is 0 Å². The van der Waals surface area contributed by atoms with Crippen molar-refractivity contribution in [3.8, 4) is 5.75 Å². The summed E-state index contributed by atoms with van der Waals surface area (Å²) in [5, 5.41) is 0. The van der Waals surface area contributed by atoms with E-state index in [0.717, 1.165) is 12.2 Å². The third kappa shape index (κ3) is 4.02. The average Bonchev–Trinajstić information content (AvgIpc) is 3.20. The van der Waals surface area contributed by atoms with E-state index in [1.807, 2.05) is 19.1 Å². The zero-order valence-electron chi connectivity index (χ0n) is 14.3. The van der Waals surface area contributed by atoms with Gasteiger partial charge in [0.15, 0.2) is 5.76 Å². The van der Waals surface area contributed by atoms with Gasteiger partial charge < -0.3 is 19.0 Å². The van der Waals surface area contributed by atoms with Gasteiger partial charge in [-0.3, -0.25) is 9.59 Å². The molecule has 1 aromatic heterocycles. The highest BCUT2D eigenvalue weighted by molar-refractivity contribution is 5.95. The third-order valence-corrected chi connectivity index (χ3v) is 4.16. The molecule has 1 saturated heterocycles. The SMILES string of the molecule is CCCOc1ccc(C(=O)N2CCN(C(=O)c3ccco3)CC2)cc1. The standard InChI is InChI=1S/C19H22N2O4/c1-2-13-24-16-7-5-15(6-8-16)18(22)20-9-11-21(12-10-20)19(23)17-4-3-14-25-17/h3-8,14H,2,9-13H2,1H3. The predicted octanol–water partition coefficient (Wildman–Crippen LogP) is 2.67. The van der Waals surface area contributed by atoms with Gasteiger partial charge in [-0.1, -0.05) is 6.92 Å². The number of furan rings is 1. The summed E-state index contributed by atoms with van der Waals surface area (Å²) in [5.74, 6) is 0.955. The Morgan fingerprint density at radius 3 is 2.20 bits per heavy atom. The number of piperazine rings is 1. The fourth-order valence-corrected chi connectivity index (χ4v) is 2.76. The van der Waals surface area contributed by atoms with Gasteiger partial charge in [0.05, 0.1) is 12.9 Å². The van der Waals surface area contributed by atoms with Crippen LogP contribution in [0.2, 0.25) is 0 Å². The molecule has 25 heavy (non-hydrogen) atoms. The Hall–Kier alpha value is -2.76. The second kappa shape index (κ2) is 7.88. The van der Waals surface area contributed by atoms with Gasteiger partial charge in [-0.25, -0.2) is 0 Å². The number of hydrogen-bond donors (Lipinski definition) is 0. The van der Waals surface area contributed by atoms with Crippen molar-refractivity contribution in [3.05, 3.63) is 54.0 Å². The minimum atomic E-state index is -0.130. The molecule has 6 nitrogen and oxygen atoms in total. The number of rotatable bonds is 5. The zero-order chi connectivity index (χ0) is 17.6. The van der Waals surface area contributed by atoms with Crippen LogP contribution in [0.3, 0.4) is 0 Å². The number of carbonyl (C=O) groups is 2. The van der Waals surface area contributed by atoms with Gasteiger partial charge in [-0.15, -0.1) is 0 Å². The Labute approximate surface area is 147 Å². The van der Waals surface area contributed by atoms with Crippen molar-refractivity contribution >= 4 is 11.8 Å². The number of ether oxygens (including phenoxy) is 1. The van der Waals surface area contributed by atoms with E-state index in [1.54, 1.807) is 34.1 Å². The summed E-state index contributed by atoms with van der Waals surface area (Å²) < 4.78 is 10.7. The first-order chi connectivity index (χ1) is 12.2. The van der Waals surface area contributed by atoms with Gasteiger partial charge in [-0.2, -0.15) is 0 Å². The van der Waals surface area contributed by atoms with Gasteiger partial charge in [-0.05, 0) is 42.8 Å². The van der Waals surface area contributed by atoms with Gasteiger partial charge in [0, 0.05) is 31.7 Å². The molecule has 2 heterocycles. The molecule has 1 aliphatic rings. The van der Waals surface area contributed by atoms with Crippen LogP contribution in [0.15, 0.2) is 47.1 Å². The predicted molar refractivity (Wildman–Crippen MR) is 92.7 cm³/mol. The monoisotopic (exact) mass is 342 g/mol. The smallest absolute Gasteiger partial charge is 0.289 e. The number of benzene rings is 1. The number of nitrogens with zero attached hydrogens (tertiary/aromatic N) is 2. The molecule has 0 radical (unpaired) electrons. The summed E-state index contributed by atoms with van der Waals surface area (Å²) in [7, 11) is 0. The fraction of sp³-hybridized carbons (Fsp3) is 0.368. The fourth-order valence-electron chi connectivity index (χ4n) is 2.76. The highest BCUT2D eigenvalue weighted by atomic mass is 16.5. The lowest BCUT2D eigenvalue weighted by Crippen LogP contribution is -2.50. The maximum Gasteiger partial charge on any atom is 0.289 e. The molecule has 1 fully saturated rings. The van der Waals surface area contributed by atoms with Crippen LogP contribution in [-0.2, 0) is 0 Å². The van der Waals surface area contributed by atoms with Crippen LogP contribution in [0, 0.1) is 0 Å². The molecule has 0 aliphatic carbocycles. The van der Waals surface area contributed by atoms with Gasteiger partial charge in [0.1, 0.15) is 5.75 Å². The molecule has 132 valence electrons. The van der Waals surface area contributed by atoms with Crippen LogP contribution in [-0.4, -0.2) is 54.4 Å². The molecule has 0 N–H and O–H groups in total. The van der Waals surface area contributed by atoms with Crippen LogP contribution in [0.4, 0.5) is 0 Å². The Balaban J connectivity index is 1.55. The highest BCUT2D eigenvalue weighted by Gasteiger charge is 2.26. The summed E-state index contributed by atoms with van der Waals surface area (Å²) in [4.78, 5) is 28.3. The molecular formula is C19H22N2O4. The second-order valence-electron chi connectivity index (χ2n) is 5.93. The first-order valence-electron chi connectivity index (χ1n) is 8.54. The minimum absolute atomic E-state index is 0.0212. The maximum absolute atomic E-state index is 12.6. The van der Waals surface area contributed by atoms with E-state index < -0.39 is 0 Å². The molecule has 2 amide bonds. The Morgan fingerprint density at radius 1 is 1.00 bits per heavy atom. The molecule has 0 saturated carbocycles. The van der Waals surface area contributed by atoms with Crippen molar-refractivity contribution in [3.63, 3.8) is 0 Å². The van der Waals surface area contributed by atoms with E-state index in [2.05, 4.69) is 0 Å². The van der Waals surface area contributed by atoms with Crippen LogP contribution in [0.5, 0.6) is 5.75 Å². The molecule has 1 aromatic carbocycles. The van der Waals surface area contributed by atoms with E-state index in [4.69, 9.17) is 9.15 Å². The van der Waals surface area contributed by atoms with Crippen molar-refractivity contribution in [1.82, 2.24) is 9.80 Å². The topological polar surface area (TPSA) is 63.0 Å². The average molecular weight is 342 g/mol. The summed E-state index contributed by atoms with van der Waals surface area (Å²) >= 11 is 0. The van der Waals surface area contributed by atoms with E-state index in [-0.39, 0.29) is 11.8 Å². The molecule has 0 atom stereocenters. The first-order valence-corrected chi connectivity index (χ1v) is 8.54. The largest absolute Gasteiger partial charge is 0.494 e. The van der Waals surface area contributed by atoms with Crippen LogP contribution in [0.1, 0.15) is 34.3 Å². The van der Waals surface area contributed by atoms with Gasteiger partial charge >= 0.3 is 0 Å². The molecule has 0 bridgehead atoms. The van der Waals surface area contributed by atoms with Crippen molar-refractivity contribution < 1.29 is 18.7 Å². The Kier molecular flexibility index (Phi) is 5.38. The lowest BCUT2D eigenvalue weighted by atomic mass is 10.1. The van der Waals surface area contributed by atoms with E-state index in [1.165, 1.54) is 6.26 Å². The quantitative estimate of drug-likeness (QED) is 0.838. The van der Waals surface area contributed by atoms with Crippen LogP contribution < -0.4 is 4.74 Å². The van der Waals surface area contributed by atoms with Crippen molar-refractivity contribution in [2.45, 2.75) is 13.3 Å².